The van der Waals surface area contributed by atoms with E-state index in [-0.39, 0.29) is 29.9 Å². The number of carbonyl (C=O) groups excluding carboxylic acids is 1. The number of hydrogen-bond acceptors (Lipinski definition) is 6. The second-order valence-electron chi connectivity index (χ2n) is 7.87. The molecule has 2 aromatic rings. The summed E-state index contributed by atoms with van der Waals surface area (Å²) in [5, 5.41) is 2.93. The van der Waals surface area contributed by atoms with Gasteiger partial charge in [0.05, 0.1) is 28.6 Å². The van der Waals surface area contributed by atoms with Crippen LogP contribution in [-0.4, -0.2) is 73.8 Å². The lowest BCUT2D eigenvalue weighted by Gasteiger charge is -2.28. The van der Waals surface area contributed by atoms with Gasteiger partial charge >= 0.3 is 0 Å². The largest absolute Gasteiger partial charge is 0.338 e. The van der Waals surface area contributed by atoms with Crippen LogP contribution in [0.3, 0.4) is 0 Å². The number of hydrogen-bond donors (Lipinski definition) is 0. The van der Waals surface area contributed by atoms with Crippen molar-refractivity contribution < 1.29 is 13.2 Å². The number of thiazole rings is 1. The molecule has 1 unspecified atom stereocenters. The Morgan fingerprint density at radius 1 is 1.21 bits per heavy atom. The van der Waals surface area contributed by atoms with E-state index in [4.69, 9.17) is 0 Å². The number of carbonyl (C=O) groups is 1. The normalized spacial score (nSPS) is 18.2. The first kappa shape index (κ1) is 21.9. The minimum absolute atomic E-state index is 0.0255. The van der Waals surface area contributed by atoms with E-state index >= 15 is 0 Å². The number of sulfone groups is 1. The van der Waals surface area contributed by atoms with Gasteiger partial charge in [0.2, 0.25) is 5.91 Å². The molecule has 0 spiro atoms. The van der Waals surface area contributed by atoms with E-state index in [0.717, 1.165) is 30.1 Å². The Bertz CT molecular complexity index is 910. The van der Waals surface area contributed by atoms with E-state index in [1.807, 2.05) is 37.7 Å². The van der Waals surface area contributed by atoms with Crippen LogP contribution in [0.2, 0.25) is 0 Å². The van der Waals surface area contributed by atoms with E-state index in [1.54, 1.807) is 16.2 Å². The summed E-state index contributed by atoms with van der Waals surface area (Å²) in [4.78, 5) is 21.5. The molecule has 3 rings (SSSR count). The Labute approximate surface area is 177 Å². The van der Waals surface area contributed by atoms with Crippen molar-refractivity contribution >= 4 is 27.1 Å². The maximum absolute atomic E-state index is 13.0. The number of aromatic nitrogens is 1. The zero-order valence-electron chi connectivity index (χ0n) is 17.1. The third-order valence-corrected chi connectivity index (χ3v) is 7.75. The first-order valence-electron chi connectivity index (χ1n) is 9.94. The fraction of sp³-hybridized carbons (Fsp3) is 0.524. The molecule has 8 heteroatoms. The molecule has 1 aromatic carbocycles. The van der Waals surface area contributed by atoms with E-state index in [0.29, 0.717) is 13.0 Å². The van der Waals surface area contributed by atoms with Crippen LogP contribution >= 0.6 is 11.3 Å². The maximum Gasteiger partial charge on any atom is 0.228 e. The van der Waals surface area contributed by atoms with Crippen molar-refractivity contribution in [2.24, 2.45) is 0 Å². The minimum atomic E-state index is -3.04. The summed E-state index contributed by atoms with van der Waals surface area (Å²) in [6.45, 7) is 1.44. The van der Waals surface area contributed by atoms with Gasteiger partial charge < -0.3 is 9.80 Å². The summed E-state index contributed by atoms with van der Waals surface area (Å²) in [5.74, 6) is 0.229. The summed E-state index contributed by atoms with van der Waals surface area (Å²) in [6.07, 6.45) is 2.34. The van der Waals surface area contributed by atoms with Crippen LogP contribution in [0.4, 0.5) is 0 Å². The monoisotopic (exact) mass is 435 g/mol. The lowest BCUT2D eigenvalue weighted by atomic mass is 10.1. The molecule has 1 atom stereocenters. The van der Waals surface area contributed by atoms with Crippen LogP contribution in [0.25, 0.3) is 0 Å². The zero-order valence-corrected chi connectivity index (χ0v) is 18.7. The van der Waals surface area contributed by atoms with Crippen LogP contribution in [0.5, 0.6) is 0 Å². The molecule has 6 nitrogen and oxygen atoms in total. The number of benzene rings is 1. The molecule has 1 aliphatic heterocycles. The Morgan fingerprint density at radius 2 is 1.97 bits per heavy atom. The Hall–Kier alpha value is -1.77. The highest BCUT2D eigenvalue weighted by molar-refractivity contribution is 7.91. The highest BCUT2D eigenvalue weighted by atomic mass is 32.2. The third kappa shape index (κ3) is 6.62. The first-order chi connectivity index (χ1) is 13.8. The van der Waals surface area contributed by atoms with Gasteiger partial charge in [-0.1, -0.05) is 30.3 Å². The van der Waals surface area contributed by atoms with Gasteiger partial charge in [-0.25, -0.2) is 13.4 Å². The number of nitrogens with zero attached hydrogens (tertiary/aromatic N) is 3. The maximum atomic E-state index is 13.0. The smallest absolute Gasteiger partial charge is 0.228 e. The van der Waals surface area contributed by atoms with Crippen molar-refractivity contribution in [1.82, 2.24) is 14.8 Å². The molecule has 1 aliphatic rings. The molecule has 1 aromatic heterocycles. The predicted octanol–water partition coefficient (Wildman–Crippen LogP) is 2.24. The molecule has 2 heterocycles. The van der Waals surface area contributed by atoms with Gasteiger partial charge in [0, 0.05) is 24.4 Å². The van der Waals surface area contributed by atoms with Crippen molar-refractivity contribution in [3.63, 3.8) is 0 Å². The fourth-order valence-electron chi connectivity index (χ4n) is 3.63. The van der Waals surface area contributed by atoms with Crippen LogP contribution in [0.15, 0.2) is 35.7 Å². The van der Waals surface area contributed by atoms with Crippen molar-refractivity contribution in [1.29, 1.82) is 0 Å². The summed E-state index contributed by atoms with van der Waals surface area (Å²) >= 11 is 1.57. The molecular weight excluding hydrogens is 406 g/mol. The van der Waals surface area contributed by atoms with E-state index in [2.05, 4.69) is 22.0 Å². The van der Waals surface area contributed by atoms with E-state index in [1.165, 1.54) is 5.56 Å². The van der Waals surface area contributed by atoms with Gasteiger partial charge in [0.25, 0.3) is 0 Å². The van der Waals surface area contributed by atoms with Crippen molar-refractivity contribution in [2.45, 2.75) is 31.7 Å². The molecular formula is C21H29N3O3S2. The number of rotatable bonds is 9. The van der Waals surface area contributed by atoms with Crippen molar-refractivity contribution in [3.8, 4) is 0 Å². The molecule has 0 aliphatic carbocycles. The van der Waals surface area contributed by atoms with E-state index in [9.17, 15) is 13.2 Å². The Balaban J connectivity index is 1.64. The number of amides is 1. The fourth-order valence-corrected chi connectivity index (χ4v) is 6.19. The van der Waals surface area contributed by atoms with Gasteiger partial charge in [0.15, 0.2) is 9.84 Å². The standard InChI is InChI=1S/C21H29N3O3S2/c1-23(2)10-6-11-24(19-9-12-29(26,27)16-19)21(25)14-18-15-28-20(22-18)13-17-7-4-3-5-8-17/h3-5,7-8,15,19H,6,9-14,16H2,1-2H3. The van der Waals surface area contributed by atoms with Gasteiger partial charge in [-0.2, -0.15) is 0 Å². The van der Waals surface area contributed by atoms with Gasteiger partial charge in [-0.3, -0.25) is 4.79 Å². The van der Waals surface area contributed by atoms with Crippen molar-refractivity contribution in [3.05, 3.63) is 52.0 Å². The summed E-state index contributed by atoms with van der Waals surface area (Å²) < 4.78 is 23.9. The highest BCUT2D eigenvalue weighted by Crippen LogP contribution is 2.21. The molecule has 1 amide bonds. The third-order valence-electron chi connectivity index (χ3n) is 5.10. The van der Waals surface area contributed by atoms with Crippen LogP contribution < -0.4 is 0 Å². The minimum Gasteiger partial charge on any atom is -0.338 e. The molecule has 0 radical (unpaired) electrons. The van der Waals surface area contributed by atoms with Crippen LogP contribution in [0, 0.1) is 0 Å². The van der Waals surface area contributed by atoms with E-state index < -0.39 is 9.84 Å². The van der Waals surface area contributed by atoms with Crippen LogP contribution in [0.1, 0.15) is 29.1 Å². The molecule has 1 saturated heterocycles. The summed E-state index contributed by atoms with van der Waals surface area (Å²) in [6, 6.07) is 9.93. The topological polar surface area (TPSA) is 70.6 Å². The Morgan fingerprint density at radius 3 is 2.62 bits per heavy atom. The summed E-state index contributed by atoms with van der Waals surface area (Å²) in [5.41, 5.74) is 1.96. The molecule has 0 N–H and O–H groups in total. The molecule has 1 fully saturated rings. The quantitative estimate of drug-likeness (QED) is 0.604. The Kier molecular flexibility index (Phi) is 7.43. The second-order valence-corrected chi connectivity index (χ2v) is 11.0. The van der Waals surface area contributed by atoms with Crippen LogP contribution in [-0.2, 0) is 27.5 Å². The predicted molar refractivity (Wildman–Crippen MR) is 117 cm³/mol. The lowest BCUT2D eigenvalue weighted by molar-refractivity contribution is -0.132. The van der Waals surface area contributed by atoms with Gasteiger partial charge in [-0.05, 0) is 39.0 Å². The van der Waals surface area contributed by atoms with Crippen molar-refractivity contribution in [2.75, 3.05) is 38.7 Å². The lowest BCUT2D eigenvalue weighted by Crippen LogP contribution is -2.43. The second kappa shape index (κ2) is 9.82. The highest BCUT2D eigenvalue weighted by Gasteiger charge is 2.34. The van der Waals surface area contributed by atoms with Gasteiger partial charge in [0.1, 0.15) is 0 Å². The molecule has 0 saturated carbocycles. The molecule has 0 bridgehead atoms. The SMILES string of the molecule is CN(C)CCCN(C(=O)Cc1csc(Cc2ccccc2)n1)C1CCS(=O)(=O)C1. The molecule has 158 valence electrons. The summed E-state index contributed by atoms with van der Waals surface area (Å²) in [7, 11) is 0.955. The first-order valence-corrected chi connectivity index (χ1v) is 12.6. The van der Waals surface area contributed by atoms with Gasteiger partial charge in [-0.15, -0.1) is 11.3 Å². The average Bonchev–Trinajstić information content (AvgIpc) is 3.25. The average molecular weight is 436 g/mol. The zero-order chi connectivity index (χ0) is 20.9. The molecule has 29 heavy (non-hydrogen) atoms.